The molecule has 0 aliphatic rings. The van der Waals surface area contributed by atoms with E-state index < -0.39 is 11.5 Å². The van der Waals surface area contributed by atoms with Gasteiger partial charge < -0.3 is 10.9 Å². The molecule has 1 amide bonds. The Labute approximate surface area is 73.7 Å². The molecule has 1 aromatic heterocycles. The van der Waals surface area contributed by atoms with Crippen molar-refractivity contribution < 1.29 is 10.0 Å². The molecule has 13 heavy (non-hydrogen) atoms. The maximum atomic E-state index is 11.2. The van der Waals surface area contributed by atoms with Crippen LogP contribution in [0.4, 0.5) is 0 Å². The van der Waals surface area contributed by atoms with Gasteiger partial charge in [0.15, 0.2) is 0 Å². The molecule has 0 saturated carbocycles. The number of hydrogen-bond donors (Lipinski definition) is 2. The Kier molecular flexibility index (Phi) is 2.19. The second-order valence-electron chi connectivity index (χ2n) is 2.36. The van der Waals surface area contributed by atoms with Gasteiger partial charge in [-0.15, -0.1) is 4.73 Å². The van der Waals surface area contributed by atoms with Crippen molar-refractivity contribution >= 4 is 12.0 Å². The minimum absolute atomic E-state index is 0.201. The lowest BCUT2D eigenvalue weighted by Crippen LogP contribution is -2.28. The molecule has 0 fully saturated rings. The fourth-order valence-electron chi connectivity index (χ4n) is 0.884. The highest BCUT2D eigenvalue weighted by Crippen LogP contribution is 1.97. The molecule has 0 aromatic carbocycles. The molecule has 3 N–H and O–H groups in total. The second-order valence-corrected chi connectivity index (χ2v) is 2.36. The van der Waals surface area contributed by atoms with E-state index in [9.17, 15) is 9.59 Å². The van der Waals surface area contributed by atoms with Gasteiger partial charge in [-0.2, -0.15) is 0 Å². The van der Waals surface area contributed by atoms with Crippen LogP contribution in [0.1, 0.15) is 16.1 Å². The molecule has 1 aromatic rings. The van der Waals surface area contributed by atoms with Crippen LogP contribution in [0, 0.1) is 0 Å². The van der Waals surface area contributed by atoms with E-state index in [0.29, 0.717) is 0 Å². The van der Waals surface area contributed by atoms with E-state index in [-0.39, 0.29) is 16.0 Å². The molecule has 0 unspecified atom stereocenters. The summed E-state index contributed by atoms with van der Waals surface area (Å²) in [5.41, 5.74) is 4.12. The van der Waals surface area contributed by atoms with Gasteiger partial charge in [0.2, 0.25) is 0 Å². The van der Waals surface area contributed by atoms with E-state index >= 15 is 0 Å². The maximum absolute atomic E-state index is 11.2. The first kappa shape index (κ1) is 9.05. The zero-order valence-corrected chi connectivity index (χ0v) is 6.73. The van der Waals surface area contributed by atoms with Crippen molar-refractivity contribution in [1.29, 1.82) is 0 Å². The summed E-state index contributed by atoms with van der Waals surface area (Å²) in [4.78, 5) is 21.8. The summed E-state index contributed by atoms with van der Waals surface area (Å²) < 4.78 is 0.208. The fraction of sp³-hybridized carbons (Fsp3) is 0. The van der Waals surface area contributed by atoms with Crippen LogP contribution >= 0.6 is 0 Å². The Morgan fingerprint density at radius 1 is 1.62 bits per heavy atom. The number of nitrogens with two attached hydrogens (primary N) is 1. The molecule has 0 aliphatic carbocycles. The predicted molar refractivity (Wildman–Crippen MR) is 46.5 cm³/mol. The largest absolute Gasteiger partial charge is 0.425 e. The summed E-state index contributed by atoms with van der Waals surface area (Å²) in [5.74, 6) is -0.866. The van der Waals surface area contributed by atoms with Crippen LogP contribution in [-0.4, -0.2) is 15.8 Å². The van der Waals surface area contributed by atoms with Gasteiger partial charge in [0.25, 0.3) is 11.5 Å². The highest BCUT2D eigenvalue weighted by atomic mass is 16.5. The van der Waals surface area contributed by atoms with E-state index in [1.54, 1.807) is 0 Å². The van der Waals surface area contributed by atoms with Crippen molar-refractivity contribution in [2.45, 2.75) is 0 Å². The van der Waals surface area contributed by atoms with Crippen molar-refractivity contribution in [3.63, 3.8) is 0 Å². The van der Waals surface area contributed by atoms with Crippen molar-refractivity contribution in [1.82, 2.24) is 4.73 Å². The van der Waals surface area contributed by atoms with Gasteiger partial charge in [0.1, 0.15) is 5.69 Å². The lowest BCUT2D eigenvalue weighted by Gasteiger charge is -2.02. The van der Waals surface area contributed by atoms with E-state index in [2.05, 4.69) is 6.58 Å². The third kappa shape index (κ3) is 1.44. The minimum Gasteiger partial charge on any atom is -0.425 e. The fourth-order valence-corrected chi connectivity index (χ4v) is 0.884. The average Bonchev–Trinajstić information content (AvgIpc) is 2.09. The van der Waals surface area contributed by atoms with Gasteiger partial charge in [0.05, 0.1) is 0 Å². The molecule has 5 nitrogen and oxygen atoms in total. The van der Waals surface area contributed by atoms with Gasteiger partial charge in [-0.3, -0.25) is 9.59 Å². The molecule has 68 valence electrons. The monoisotopic (exact) mass is 180 g/mol. The second kappa shape index (κ2) is 3.14. The van der Waals surface area contributed by atoms with Crippen LogP contribution in [0.5, 0.6) is 0 Å². The molecule has 1 rings (SSSR count). The minimum atomic E-state index is -0.866. The molecule has 0 spiro atoms. The maximum Gasteiger partial charge on any atom is 0.290 e. The highest BCUT2D eigenvalue weighted by Gasteiger charge is 2.09. The summed E-state index contributed by atoms with van der Waals surface area (Å²) in [6.45, 7) is 3.37. The molecular formula is C8H8N2O3. The van der Waals surface area contributed by atoms with Gasteiger partial charge in [-0.25, -0.2) is 0 Å². The number of aromatic nitrogens is 1. The van der Waals surface area contributed by atoms with E-state index in [1.807, 2.05) is 0 Å². The normalized spacial score (nSPS) is 9.54. The van der Waals surface area contributed by atoms with Gasteiger partial charge >= 0.3 is 0 Å². The molecule has 0 aliphatic heterocycles. The summed E-state index contributed by atoms with van der Waals surface area (Å²) in [6.07, 6.45) is 1.28. The number of hydrogen-bond acceptors (Lipinski definition) is 3. The smallest absolute Gasteiger partial charge is 0.290 e. The van der Waals surface area contributed by atoms with Crippen molar-refractivity contribution in [2.75, 3.05) is 0 Å². The lowest BCUT2D eigenvalue weighted by molar-refractivity contribution is 0.0939. The first-order valence-corrected chi connectivity index (χ1v) is 3.45. The van der Waals surface area contributed by atoms with Crippen LogP contribution in [0.3, 0.4) is 0 Å². The van der Waals surface area contributed by atoms with E-state index in [4.69, 9.17) is 10.9 Å². The topological polar surface area (TPSA) is 85.3 Å². The van der Waals surface area contributed by atoms with Gasteiger partial charge in [-0.05, 0) is 12.1 Å². The zero-order chi connectivity index (χ0) is 10.0. The first-order valence-electron chi connectivity index (χ1n) is 3.45. The van der Waals surface area contributed by atoms with Gasteiger partial charge in [-0.1, -0.05) is 12.7 Å². The summed E-state index contributed by atoms with van der Waals surface area (Å²) in [5, 5.41) is 9.14. The Bertz CT molecular complexity index is 420. The quantitative estimate of drug-likeness (QED) is 0.619. The number of nitrogens with zero attached hydrogens (tertiary/aromatic N) is 1. The standard InChI is InChI=1S/C8H8N2O3/c1-2-5-3-4-6(7(9)11)10(13)8(5)12/h2-4,13H,1H2,(H2,9,11). The SMILES string of the molecule is C=Cc1ccc(C(N)=O)n(O)c1=O. The number of carbonyl (C=O) groups excluding carboxylic acids is 1. The molecule has 0 radical (unpaired) electrons. The van der Waals surface area contributed by atoms with Crippen LogP contribution in [0.25, 0.3) is 6.08 Å². The summed E-state index contributed by atoms with van der Waals surface area (Å²) in [7, 11) is 0. The lowest BCUT2D eigenvalue weighted by atomic mass is 10.2. The number of amides is 1. The average molecular weight is 180 g/mol. The van der Waals surface area contributed by atoms with Crippen LogP contribution < -0.4 is 11.3 Å². The first-order chi connectivity index (χ1) is 6.07. The molecule has 1 heterocycles. The Morgan fingerprint density at radius 2 is 2.23 bits per heavy atom. The molecule has 0 bridgehead atoms. The summed E-state index contributed by atoms with van der Waals surface area (Å²) in [6, 6.07) is 2.61. The Hall–Kier alpha value is -2.04. The number of rotatable bonds is 2. The Morgan fingerprint density at radius 3 is 2.69 bits per heavy atom. The zero-order valence-electron chi connectivity index (χ0n) is 6.73. The van der Waals surface area contributed by atoms with Crippen LogP contribution in [-0.2, 0) is 0 Å². The van der Waals surface area contributed by atoms with E-state index in [0.717, 1.165) is 0 Å². The van der Waals surface area contributed by atoms with Gasteiger partial charge in [0, 0.05) is 5.56 Å². The predicted octanol–water partition coefficient (Wildman–Crippen LogP) is -0.172. The van der Waals surface area contributed by atoms with Crippen molar-refractivity contribution in [3.05, 3.63) is 40.3 Å². The highest BCUT2D eigenvalue weighted by molar-refractivity contribution is 5.91. The third-order valence-corrected chi connectivity index (χ3v) is 1.56. The molecule has 0 atom stereocenters. The molecular weight excluding hydrogens is 172 g/mol. The molecule has 5 heteroatoms. The van der Waals surface area contributed by atoms with Crippen LogP contribution in [0.15, 0.2) is 23.5 Å². The number of pyridine rings is 1. The summed E-state index contributed by atoms with van der Waals surface area (Å²) >= 11 is 0. The van der Waals surface area contributed by atoms with Crippen molar-refractivity contribution in [2.24, 2.45) is 5.73 Å². The van der Waals surface area contributed by atoms with Crippen LogP contribution in [0.2, 0.25) is 0 Å². The van der Waals surface area contributed by atoms with E-state index in [1.165, 1.54) is 18.2 Å². The molecule has 0 saturated heterocycles. The number of carbonyl (C=O) groups is 1. The third-order valence-electron chi connectivity index (χ3n) is 1.56. The van der Waals surface area contributed by atoms with Crippen molar-refractivity contribution in [3.8, 4) is 0 Å². The Balaban J connectivity index is 3.49. The number of primary amides is 1.